The molecule has 3 aromatic rings. The summed E-state index contributed by atoms with van der Waals surface area (Å²) in [5.74, 6) is -0.702. The summed E-state index contributed by atoms with van der Waals surface area (Å²) in [5, 5.41) is 2.73. The van der Waals surface area contributed by atoms with E-state index in [4.69, 9.17) is 9.47 Å². The summed E-state index contributed by atoms with van der Waals surface area (Å²) in [5.41, 5.74) is 1.46. The summed E-state index contributed by atoms with van der Waals surface area (Å²) < 4.78 is 10.8. The summed E-state index contributed by atoms with van der Waals surface area (Å²) in [7, 11) is 0. The number of pyridine rings is 1. The highest BCUT2D eigenvalue weighted by atomic mass is 16.5. The van der Waals surface area contributed by atoms with Crippen LogP contribution in [0.3, 0.4) is 0 Å². The Morgan fingerprint density at radius 2 is 1.94 bits per heavy atom. The maximum atomic E-state index is 13.2. The highest BCUT2D eigenvalue weighted by molar-refractivity contribution is 6.12. The van der Waals surface area contributed by atoms with Crippen LogP contribution in [0.25, 0.3) is 0 Å². The van der Waals surface area contributed by atoms with Gasteiger partial charge in [-0.3, -0.25) is 14.5 Å². The summed E-state index contributed by atoms with van der Waals surface area (Å²) in [6.07, 6.45) is 1.54. The van der Waals surface area contributed by atoms with Crippen LogP contribution in [0.1, 0.15) is 27.6 Å². The minimum atomic E-state index is -0.475. The lowest BCUT2D eigenvalue weighted by Crippen LogP contribution is -2.37. The van der Waals surface area contributed by atoms with Crippen molar-refractivity contribution in [2.24, 2.45) is 0 Å². The van der Waals surface area contributed by atoms with Gasteiger partial charge in [0.15, 0.2) is 5.75 Å². The first kappa shape index (κ1) is 20.1. The Morgan fingerprint density at radius 1 is 1.10 bits per heavy atom. The molecule has 0 spiro atoms. The largest absolute Gasteiger partial charge is 0.462 e. The predicted octanol–water partition coefficient (Wildman–Crippen LogP) is 3.65. The number of ether oxygens (including phenoxy) is 2. The van der Waals surface area contributed by atoms with Crippen molar-refractivity contribution in [1.82, 2.24) is 4.98 Å². The Labute approximate surface area is 178 Å². The number of fused-ring (bicyclic) bond motifs is 2. The van der Waals surface area contributed by atoms with E-state index in [9.17, 15) is 14.4 Å². The lowest BCUT2D eigenvalue weighted by molar-refractivity contribution is -0.114. The molecular weight excluding hydrogens is 398 g/mol. The average Bonchev–Trinajstić information content (AvgIpc) is 2.89. The van der Waals surface area contributed by atoms with Crippen LogP contribution >= 0.6 is 0 Å². The quantitative estimate of drug-likeness (QED) is 0.637. The van der Waals surface area contributed by atoms with Crippen LogP contribution in [0, 0.1) is 0 Å². The van der Waals surface area contributed by atoms with Gasteiger partial charge in [0.25, 0.3) is 5.91 Å². The van der Waals surface area contributed by atoms with Crippen molar-refractivity contribution in [1.29, 1.82) is 0 Å². The van der Waals surface area contributed by atoms with Crippen LogP contribution in [0.2, 0.25) is 0 Å². The number of carbonyl (C=O) groups excluding carboxylic acids is 3. The van der Waals surface area contributed by atoms with E-state index in [-0.39, 0.29) is 24.6 Å². The van der Waals surface area contributed by atoms with Crippen LogP contribution in [0.4, 0.5) is 11.4 Å². The number of para-hydroxylation sites is 2. The number of benzene rings is 2. The van der Waals surface area contributed by atoms with Crippen molar-refractivity contribution >= 4 is 29.2 Å². The lowest BCUT2D eigenvalue weighted by atomic mass is 10.2. The second-order valence-corrected chi connectivity index (χ2v) is 6.67. The third kappa shape index (κ3) is 4.23. The minimum Gasteiger partial charge on any atom is -0.462 e. The Bertz CT molecular complexity index is 1160. The summed E-state index contributed by atoms with van der Waals surface area (Å²) >= 11 is 0. The fourth-order valence-corrected chi connectivity index (χ4v) is 3.20. The molecule has 0 bridgehead atoms. The van der Waals surface area contributed by atoms with Crippen LogP contribution in [-0.2, 0) is 9.53 Å². The van der Waals surface area contributed by atoms with Gasteiger partial charge in [0.2, 0.25) is 11.8 Å². The van der Waals surface area contributed by atoms with Gasteiger partial charge in [-0.1, -0.05) is 18.2 Å². The number of nitrogens with zero attached hydrogens (tertiary/aromatic N) is 2. The molecule has 0 saturated carbocycles. The molecule has 2 aromatic carbocycles. The van der Waals surface area contributed by atoms with Crippen molar-refractivity contribution in [3.63, 3.8) is 0 Å². The zero-order valence-corrected chi connectivity index (χ0v) is 16.7. The molecule has 1 N–H and O–H groups in total. The van der Waals surface area contributed by atoms with Crippen LogP contribution in [0.5, 0.6) is 11.6 Å². The van der Waals surface area contributed by atoms with E-state index in [0.717, 1.165) is 0 Å². The van der Waals surface area contributed by atoms with Crippen LogP contribution in [-0.4, -0.2) is 35.9 Å². The SMILES string of the molecule is CCOC(=O)c1cccc(NC(=O)CN2C(=O)c3cccnc3Oc3ccccc32)c1. The van der Waals surface area contributed by atoms with E-state index in [1.54, 1.807) is 61.5 Å². The third-order valence-electron chi connectivity index (χ3n) is 4.57. The first-order valence-electron chi connectivity index (χ1n) is 9.67. The Balaban J connectivity index is 1.58. The van der Waals surface area contributed by atoms with Gasteiger partial charge < -0.3 is 14.8 Å². The van der Waals surface area contributed by atoms with Gasteiger partial charge in [-0.25, -0.2) is 9.78 Å². The first-order valence-corrected chi connectivity index (χ1v) is 9.67. The number of aromatic nitrogens is 1. The fourth-order valence-electron chi connectivity index (χ4n) is 3.20. The molecule has 156 valence electrons. The van der Waals surface area contributed by atoms with Gasteiger partial charge in [-0.2, -0.15) is 0 Å². The summed E-state index contributed by atoms with van der Waals surface area (Å²) in [4.78, 5) is 43.4. The topological polar surface area (TPSA) is 97.8 Å². The Kier molecular flexibility index (Phi) is 5.61. The first-order chi connectivity index (χ1) is 15.1. The smallest absolute Gasteiger partial charge is 0.338 e. The van der Waals surface area contributed by atoms with E-state index >= 15 is 0 Å². The van der Waals surface area contributed by atoms with Crippen molar-refractivity contribution in [3.8, 4) is 11.6 Å². The monoisotopic (exact) mass is 417 g/mol. The minimum absolute atomic E-state index is 0.185. The summed E-state index contributed by atoms with van der Waals surface area (Å²) in [6, 6.07) is 16.6. The van der Waals surface area contributed by atoms with Crippen molar-refractivity contribution in [2.45, 2.75) is 6.92 Å². The molecule has 0 radical (unpaired) electrons. The van der Waals surface area contributed by atoms with E-state index in [2.05, 4.69) is 10.3 Å². The van der Waals surface area contributed by atoms with E-state index in [0.29, 0.717) is 22.7 Å². The van der Waals surface area contributed by atoms with Gasteiger partial charge in [0, 0.05) is 11.9 Å². The lowest BCUT2D eigenvalue weighted by Gasteiger charge is -2.21. The third-order valence-corrected chi connectivity index (χ3v) is 4.57. The highest BCUT2D eigenvalue weighted by Gasteiger charge is 2.30. The van der Waals surface area contributed by atoms with Crippen LogP contribution in [0.15, 0.2) is 66.9 Å². The Morgan fingerprint density at radius 3 is 2.77 bits per heavy atom. The molecule has 1 aromatic heterocycles. The average molecular weight is 417 g/mol. The van der Waals surface area contributed by atoms with Crippen molar-refractivity contribution < 1.29 is 23.9 Å². The molecule has 1 aliphatic heterocycles. The zero-order chi connectivity index (χ0) is 21.8. The molecule has 2 heterocycles. The number of hydrogen-bond donors (Lipinski definition) is 1. The number of hydrogen-bond acceptors (Lipinski definition) is 6. The van der Waals surface area contributed by atoms with Gasteiger partial charge in [0.1, 0.15) is 12.1 Å². The van der Waals surface area contributed by atoms with Gasteiger partial charge >= 0.3 is 5.97 Å². The molecule has 4 rings (SSSR count). The standard InChI is InChI=1S/C23H19N3O5/c1-2-30-23(29)15-7-5-8-16(13-15)25-20(27)14-26-18-10-3-4-11-19(18)31-21-17(22(26)28)9-6-12-24-21/h3-13H,2,14H2,1H3,(H,25,27). The Hall–Kier alpha value is -4.20. The van der Waals surface area contributed by atoms with E-state index in [1.165, 1.54) is 17.2 Å². The van der Waals surface area contributed by atoms with Crippen LogP contribution < -0.4 is 15.0 Å². The number of esters is 1. The zero-order valence-electron chi connectivity index (χ0n) is 16.7. The molecule has 31 heavy (non-hydrogen) atoms. The molecule has 1 aliphatic rings. The maximum Gasteiger partial charge on any atom is 0.338 e. The van der Waals surface area contributed by atoms with Gasteiger partial charge in [-0.05, 0) is 49.4 Å². The number of nitrogens with one attached hydrogen (secondary N) is 1. The second kappa shape index (κ2) is 8.66. The molecule has 0 fully saturated rings. The molecule has 0 saturated heterocycles. The predicted molar refractivity (Wildman–Crippen MR) is 113 cm³/mol. The van der Waals surface area contributed by atoms with E-state index < -0.39 is 17.8 Å². The summed E-state index contributed by atoms with van der Waals surface area (Å²) in [6.45, 7) is 1.72. The number of rotatable bonds is 5. The molecular formula is C23H19N3O5. The van der Waals surface area contributed by atoms with Gasteiger partial charge in [0.05, 0.1) is 17.9 Å². The highest BCUT2D eigenvalue weighted by Crippen LogP contribution is 2.37. The molecule has 8 heteroatoms. The molecule has 8 nitrogen and oxygen atoms in total. The molecule has 2 amide bonds. The van der Waals surface area contributed by atoms with E-state index in [1.807, 2.05) is 0 Å². The maximum absolute atomic E-state index is 13.2. The van der Waals surface area contributed by atoms with Gasteiger partial charge in [-0.15, -0.1) is 0 Å². The molecule has 0 atom stereocenters. The number of carbonyl (C=O) groups is 3. The second-order valence-electron chi connectivity index (χ2n) is 6.67. The van der Waals surface area contributed by atoms with Crippen molar-refractivity contribution in [3.05, 3.63) is 78.0 Å². The number of anilines is 2. The number of amides is 2. The fraction of sp³-hybridized carbons (Fsp3) is 0.130. The normalized spacial score (nSPS) is 12.2. The molecule has 0 aliphatic carbocycles. The molecule has 0 unspecified atom stereocenters. The van der Waals surface area contributed by atoms with Crippen molar-refractivity contribution in [2.75, 3.05) is 23.4 Å².